The van der Waals surface area contributed by atoms with Crippen LogP contribution in [-0.4, -0.2) is 43.8 Å². The molecule has 0 aromatic heterocycles. The first-order valence-electron chi connectivity index (χ1n) is 9.49. The number of hydrogen-bond donors (Lipinski definition) is 1. The maximum Gasteiger partial charge on any atom is 0.338 e. The number of hydrogen-bond acceptors (Lipinski definition) is 5. The molecule has 2 rings (SSSR count). The summed E-state index contributed by atoms with van der Waals surface area (Å²) in [5.74, 6) is -2.45. The van der Waals surface area contributed by atoms with Gasteiger partial charge in [0.25, 0.3) is 5.91 Å². The fourth-order valence-corrected chi connectivity index (χ4v) is 4.31. The Morgan fingerprint density at radius 2 is 1.77 bits per heavy atom. The Hall–Kier alpha value is -2.78. The van der Waals surface area contributed by atoms with Gasteiger partial charge in [0.15, 0.2) is 6.10 Å². The minimum Gasteiger partial charge on any atom is -0.449 e. The number of carbonyl (C=O) groups excluding carboxylic acids is 2. The molecule has 0 fully saturated rings. The zero-order valence-electron chi connectivity index (χ0n) is 17.3. The number of esters is 1. The van der Waals surface area contributed by atoms with E-state index in [0.29, 0.717) is 5.69 Å². The van der Waals surface area contributed by atoms with E-state index in [1.165, 1.54) is 6.92 Å². The summed E-state index contributed by atoms with van der Waals surface area (Å²) in [7, 11) is -4.11. The highest BCUT2D eigenvalue weighted by Gasteiger charge is 2.27. The van der Waals surface area contributed by atoms with Crippen LogP contribution in [0.3, 0.4) is 0 Å². The molecule has 1 N–H and O–H groups in total. The van der Waals surface area contributed by atoms with Crippen LogP contribution in [0.5, 0.6) is 0 Å². The lowest BCUT2D eigenvalue weighted by atomic mass is 10.2. The molecule has 0 saturated heterocycles. The third kappa shape index (κ3) is 5.22. The second-order valence-electron chi connectivity index (χ2n) is 6.59. The number of ether oxygens (including phenoxy) is 1. The van der Waals surface area contributed by atoms with Crippen molar-refractivity contribution in [2.24, 2.45) is 0 Å². The number of halogens is 1. The maximum absolute atomic E-state index is 14.2. The number of sulfonamides is 1. The molecule has 7 nitrogen and oxygen atoms in total. The molecule has 30 heavy (non-hydrogen) atoms. The summed E-state index contributed by atoms with van der Waals surface area (Å²) in [5.41, 5.74) is 1.26. The van der Waals surface area contributed by atoms with Crippen LogP contribution in [0.2, 0.25) is 0 Å². The Kier molecular flexibility index (Phi) is 7.69. The van der Waals surface area contributed by atoms with Crippen molar-refractivity contribution >= 4 is 27.6 Å². The van der Waals surface area contributed by atoms with Crippen LogP contribution < -0.4 is 5.32 Å². The predicted octanol–water partition coefficient (Wildman–Crippen LogP) is 3.35. The summed E-state index contributed by atoms with van der Waals surface area (Å²) in [4.78, 5) is 24.2. The van der Waals surface area contributed by atoms with E-state index in [9.17, 15) is 22.4 Å². The molecular formula is C21H25FN2O5S. The van der Waals surface area contributed by atoms with Crippen molar-refractivity contribution in [3.8, 4) is 0 Å². The molecule has 0 radical (unpaired) electrons. The van der Waals surface area contributed by atoms with Crippen molar-refractivity contribution in [3.05, 3.63) is 59.4 Å². The SMILES string of the molecule is CCN(CC)S(=O)(=O)c1cc(C(=O)OC(C)C(=O)Nc2ccccc2C)ccc1F. The topological polar surface area (TPSA) is 92.8 Å². The summed E-state index contributed by atoms with van der Waals surface area (Å²) in [6.45, 7) is 6.79. The highest BCUT2D eigenvalue weighted by atomic mass is 32.2. The number of rotatable bonds is 8. The number of carbonyl (C=O) groups is 2. The number of anilines is 1. The molecule has 0 aliphatic rings. The summed E-state index contributed by atoms with van der Waals surface area (Å²) >= 11 is 0. The molecule has 0 spiro atoms. The Morgan fingerprint density at radius 3 is 2.37 bits per heavy atom. The monoisotopic (exact) mass is 436 g/mol. The first-order chi connectivity index (χ1) is 14.1. The molecule has 1 atom stereocenters. The number of aryl methyl sites for hydroxylation is 1. The third-order valence-corrected chi connectivity index (χ3v) is 6.61. The molecule has 0 bridgehead atoms. The van der Waals surface area contributed by atoms with Crippen molar-refractivity contribution < 1.29 is 27.1 Å². The fourth-order valence-electron chi connectivity index (χ4n) is 2.76. The van der Waals surface area contributed by atoms with Gasteiger partial charge in [-0.1, -0.05) is 32.0 Å². The standard InChI is InChI=1S/C21H25FN2O5S/c1-5-24(6-2)30(27,28)19-13-16(11-12-17(19)22)21(26)29-15(4)20(25)23-18-10-8-7-9-14(18)3/h7-13,15H,5-6H2,1-4H3,(H,23,25). The third-order valence-electron chi connectivity index (χ3n) is 4.55. The van der Waals surface area contributed by atoms with Gasteiger partial charge in [-0.3, -0.25) is 4.79 Å². The van der Waals surface area contributed by atoms with E-state index >= 15 is 0 Å². The van der Waals surface area contributed by atoms with Gasteiger partial charge in [-0.2, -0.15) is 4.31 Å². The van der Waals surface area contributed by atoms with Gasteiger partial charge in [-0.25, -0.2) is 17.6 Å². The summed E-state index contributed by atoms with van der Waals surface area (Å²) in [6.07, 6.45) is -1.15. The lowest BCUT2D eigenvalue weighted by Gasteiger charge is -2.19. The lowest BCUT2D eigenvalue weighted by molar-refractivity contribution is -0.123. The van der Waals surface area contributed by atoms with Crippen molar-refractivity contribution in [3.63, 3.8) is 0 Å². The molecule has 2 aromatic rings. The van der Waals surface area contributed by atoms with Crippen LogP contribution in [0.1, 0.15) is 36.7 Å². The number of benzene rings is 2. The smallest absolute Gasteiger partial charge is 0.338 e. The van der Waals surface area contributed by atoms with E-state index < -0.39 is 38.7 Å². The number of amides is 1. The number of para-hydroxylation sites is 1. The maximum atomic E-state index is 14.2. The molecule has 2 aromatic carbocycles. The van der Waals surface area contributed by atoms with Crippen LogP contribution >= 0.6 is 0 Å². The van der Waals surface area contributed by atoms with Gasteiger partial charge < -0.3 is 10.1 Å². The second-order valence-corrected chi connectivity index (χ2v) is 8.49. The quantitative estimate of drug-likeness (QED) is 0.641. The van der Waals surface area contributed by atoms with Crippen molar-refractivity contribution in [2.75, 3.05) is 18.4 Å². The number of nitrogens with one attached hydrogen (secondary N) is 1. The Morgan fingerprint density at radius 1 is 1.13 bits per heavy atom. The average molecular weight is 437 g/mol. The van der Waals surface area contributed by atoms with Crippen LogP contribution in [0.4, 0.5) is 10.1 Å². The van der Waals surface area contributed by atoms with Gasteiger partial charge in [0.2, 0.25) is 10.0 Å². The zero-order chi connectivity index (χ0) is 22.5. The zero-order valence-corrected chi connectivity index (χ0v) is 18.1. The molecule has 0 heterocycles. The minimum absolute atomic E-state index is 0.156. The van der Waals surface area contributed by atoms with E-state index in [1.807, 2.05) is 19.1 Å². The number of nitrogens with zero attached hydrogens (tertiary/aromatic N) is 1. The van der Waals surface area contributed by atoms with Crippen molar-refractivity contribution in [1.82, 2.24) is 4.31 Å². The van der Waals surface area contributed by atoms with Crippen LogP contribution in [0.15, 0.2) is 47.4 Å². The highest BCUT2D eigenvalue weighted by Crippen LogP contribution is 2.22. The summed E-state index contributed by atoms with van der Waals surface area (Å²) in [6, 6.07) is 10.1. The average Bonchev–Trinajstić information content (AvgIpc) is 2.70. The molecule has 9 heteroatoms. The van der Waals surface area contributed by atoms with E-state index in [0.717, 1.165) is 28.1 Å². The normalized spacial score (nSPS) is 12.5. The second kappa shape index (κ2) is 9.82. The molecule has 0 saturated carbocycles. The Balaban J connectivity index is 2.19. The molecule has 0 aliphatic heterocycles. The van der Waals surface area contributed by atoms with Gasteiger partial charge in [-0.05, 0) is 43.7 Å². The van der Waals surface area contributed by atoms with Crippen LogP contribution in [-0.2, 0) is 19.6 Å². The van der Waals surface area contributed by atoms with Gasteiger partial charge >= 0.3 is 5.97 Å². The van der Waals surface area contributed by atoms with E-state index in [2.05, 4.69) is 5.32 Å². The lowest BCUT2D eigenvalue weighted by Crippen LogP contribution is -2.32. The molecular weight excluding hydrogens is 411 g/mol. The first kappa shape index (κ1) is 23.5. The molecule has 1 unspecified atom stereocenters. The minimum atomic E-state index is -4.11. The van der Waals surface area contributed by atoms with Gasteiger partial charge in [-0.15, -0.1) is 0 Å². The largest absolute Gasteiger partial charge is 0.449 e. The van der Waals surface area contributed by atoms with Crippen molar-refractivity contribution in [1.29, 1.82) is 0 Å². The Labute approximate surface area is 175 Å². The van der Waals surface area contributed by atoms with Crippen molar-refractivity contribution in [2.45, 2.75) is 38.7 Å². The van der Waals surface area contributed by atoms with Crippen LogP contribution in [0.25, 0.3) is 0 Å². The molecule has 162 valence electrons. The summed E-state index contributed by atoms with van der Waals surface area (Å²) in [5, 5.41) is 2.66. The van der Waals surface area contributed by atoms with Gasteiger partial charge in [0, 0.05) is 18.8 Å². The van der Waals surface area contributed by atoms with Crippen LogP contribution in [0, 0.1) is 12.7 Å². The van der Waals surface area contributed by atoms with Gasteiger partial charge in [0.1, 0.15) is 10.7 Å². The van der Waals surface area contributed by atoms with Gasteiger partial charge in [0.05, 0.1) is 5.56 Å². The predicted molar refractivity (Wildman–Crippen MR) is 111 cm³/mol. The van der Waals surface area contributed by atoms with E-state index in [4.69, 9.17) is 4.74 Å². The molecule has 1 amide bonds. The first-order valence-corrected chi connectivity index (χ1v) is 10.9. The molecule has 0 aliphatic carbocycles. The summed E-state index contributed by atoms with van der Waals surface area (Å²) < 4.78 is 45.7. The van der Waals surface area contributed by atoms with E-state index in [1.54, 1.807) is 26.0 Å². The van der Waals surface area contributed by atoms with E-state index in [-0.39, 0.29) is 18.7 Å². The highest BCUT2D eigenvalue weighted by molar-refractivity contribution is 7.89. The Bertz CT molecular complexity index is 1040. The fraction of sp³-hybridized carbons (Fsp3) is 0.333.